The van der Waals surface area contributed by atoms with Gasteiger partial charge in [-0.15, -0.1) is 0 Å². The van der Waals surface area contributed by atoms with Gasteiger partial charge in [0.25, 0.3) is 0 Å². The molecule has 0 aromatic heterocycles. The summed E-state index contributed by atoms with van der Waals surface area (Å²) in [4.78, 5) is 10.6. The lowest BCUT2D eigenvalue weighted by atomic mass is 10.2. The van der Waals surface area contributed by atoms with Crippen molar-refractivity contribution in [3.05, 3.63) is 0 Å². The molecular weight excluding hydrogens is 331 g/mol. The molecule has 0 amide bonds. The molecule has 148 valence electrons. The van der Waals surface area contributed by atoms with Crippen molar-refractivity contribution in [1.29, 1.82) is 0 Å². The van der Waals surface area contributed by atoms with Gasteiger partial charge in [0.1, 0.15) is 6.04 Å². The first-order chi connectivity index (χ1) is 11.7. The molecule has 8 heteroatoms. The van der Waals surface area contributed by atoms with Gasteiger partial charge in [0.2, 0.25) is 0 Å². The number of halogens is 3. The molecule has 1 aliphatic heterocycles. The molecule has 5 nitrogen and oxygen atoms in total. The minimum atomic E-state index is -4.17. The molecule has 0 bridgehead atoms. The second-order valence-corrected chi connectivity index (χ2v) is 6.51. The van der Waals surface area contributed by atoms with Crippen LogP contribution in [0.2, 0.25) is 0 Å². The normalized spacial score (nSPS) is 20.0. The Labute approximate surface area is 150 Å². The van der Waals surface area contributed by atoms with Crippen molar-refractivity contribution in [1.82, 2.24) is 20.0 Å². The zero-order chi connectivity index (χ0) is 19.0. The summed E-state index contributed by atoms with van der Waals surface area (Å²) in [5, 5.41) is 3.27. The third kappa shape index (κ3) is 6.66. The van der Waals surface area contributed by atoms with E-state index in [2.05, 4.69) is 35.9 Å². The molecule has 1 N–H and O–H groups in total. The molecule has 0 aliphatic carbocycles. The van der Waals surface area contributed by atoms with Crippen LogP contribution in [0.4, 0.5) is 13.2 Å². The zero-order valence-corrected chi connectivity index (χ0v) is 16.2. The summed E-state index contributed by atoms with van der Waals surface area (Å²) in [6, 6.07) is -1.05. The SMILES string of the molecule is CCNC(=NCC(C)N(CC)CC)N1CCN(C(C)C(F)(F)F)CC1. The van der Waals surface area contributed by atoms with Crippen molar-refractivity contribution in [2.24, 2.45) is 4.99 Å². The molecule has 1 aliphatic rings. The zero-order valence-electron chi connectivity index (χ0n) is 16.2. The van der Waals surface area contributed by atoms with Crippen LogP contribution < -0.4 is 5.32 Å². The Balaban J connectivity index is 2.64. The molecule has 0 saturated carbocycles. The fourth-order valence-electron chi connectivity index (χ4n) is 3.13. The van der Waals surface area contributed by atoms with Crippen molar-refractivity contribution in [3.8, 4) is 0 Å². The first kappa shape index (κ1) is 22.0. The second-order valence-electron chi connectivity index (χ2n) is 6.51. The Hall–Kier alpha value is -1.02. The van der Waals surface area contributed by atoms with Crippen LogP contribution in [0.15, 0.2) is 4.99 Å². The van der Waals surface area contributed by atoms with E-state index in [1.54, 1.807) is 0 Å². The van der Waals surface area contributed by atoms with Gasteiger partial charge in [-0.1, -0.05) is 13.8 Å². The smallest absolute Gasteiger partial charge is 0.357 e. The van der Waals surface area contributed by atoms with E-state index in [0.717, 1.165) is 25.6 Å². The van der Waals surface area contributed by atoms with Gasteiger partial charge < -0.3 is 10.2 Å². The number of aliphatic imine (C=N–C) groups is 1. The molecule has 0 aromatic rings. The Morgan fingerprint density at radius 2 is 1.64 bits per heavy atom. The maximum Gasteiger partial charge on any atom is 0.403 e. The van der Waals surface area contributed by atoms with Crippen LogP contribution in [0.5, 0.6) is 0 Å². The van der Waals surface area contributed by atoms with Crippen molar-refractivity contribution in [3.63, 3.8) is 0 Å². The topological polar surface area (TPSA) is 34.1 Å². The van der Waals surface area contributed by atoms with Gasteiger partial charge >= 0.3 is 6.18 Å². The highest BCUT2D eigenvalue weighted by atomic mass is 19.4. The predicted octanol–water partition coefficient (Wildman–Crippen LogP) is 2.25. The molecule has 2 atom stereocenters. The number of piperazine rings is 1. The molecule has 1 saturated heterocycles. The molecular formula is C17H34F3N5. The average molecular weight is 365 g/mol. The van der Waals surface area contributed by atoms with Crippen LogP contribution in [0.1, 0.15) is 34.6 Å². The Morgan fingerprint density at radius 3 is 2.08 bits per heavy atom. The van der Waals surface area contributed by atoms with Gasteiger partial charge in [-0.3, -0.25) is 14.8 Å². The highest BCUT2D eigenvalue weighted by molar-refractivity contribution is 5.80. The first-order valence-electron chi connectivity index (χ1n) is 9.32. The van der Waals surface area contributed by atoms with E-state index >= 15 is 0 Å². The lowest BCUT2D eigenvalue weighted by molar-refractivity contribution is -0.181. The van der Waals surface area contributed by atoms with E-state index in [4.69, 9.17) is 4.99 Å². The molecule has 0 spiro atoms. The first-order valence-corrected chi connectivity index (χ1v) is 9.32. The van der Waals surface area contributed by atoms with Crippen LogP contribution in [-0.2, 0) is 0 Å². The summed E-state index contributed by atoms with van der Waals surface area (Å²) < 4.78 is 38.6. The molecule has 0 aromatic carbocycles. The fourth-order valence-corrected chi connectivity index (χ4v) is 3.13. The van der Waals surface area contributed by atoms with Gasteiger partial charge in [-0.25, -0.2) is 0 Å². The minimum Gasteiger partial charge on any atom is -0.357 e. The van der Waals surface area contributed by atoms with E-state index < -0.39 is 12.2 Å². The molecule has 1 fully saturated rings. The largest absolute Gasteiger partial charge is 0.403 e. The lowest BCUT2D eigenvalue weighted by Gasteiger charge is -2.39. The number of alkyl halides is 3. The molecule has 0 radical (unpaired) electrons. The van der Waals surface area contributed by atoms with Crippen LogP contribution >= 0.6 is 0 Å². The summed E-state index contributed by atoms with van der Waals surface area (Å²) in [6.45, 7) is 15.0. The van der Waals surface area contributed by atoms with Crippen LogP contribution in [0.3, 0.4) is 0 Å². The average Bonchev–Trinajstić information content (AvgIpc) is 2.58. The predicted molar refractivity (Wildman–Crippen MR) is 97.0 cm³/mol. The van der Waals surface area contributed by atoms with Crippen molar-refractivity contribution >= 4 is 5.96 Å². The number of guanidine groups is 1. The number of rotatable bonds is 7. The van der Waals surface area contributed by atoms with Crippen LogP contribution in [0, 0.1) is 0 Å². The third-order valence-corrected chi connectivity index (χ3v) is 4.91. The molecule has 2 unspecified atom stereocenters. The Morgan fingerprint density at radius 1 is 1.08 bits per heavy atom. The fraction of sp³-hybridized carbons (Fsp3) is 0.941. The lowest BCUT2D eigenvalue weighted by Crippen LogP contribution is -2.56. The Kier molecular flexibility index (Phi) is 8.99. The van der Waals surface area contributed by atoms with Gasteiger partial charge in [0.05, 0.1) is 6.54 Å². The van der Waals surface area contributed by atoms with E-state index in [-0.39, 0.29) is 0 Å². The van der Waals surface area contributed by atoms with Gasteiger partial charge in [-0.05, 0) is 33.9 Å². The summed E-state index contributed by atoms with van der Waals surface area (Å²) in [5.41, 5.74) is 0. The van der Waals surface area contributed by atoms with E-state index in [0.29, 0.717) is 38.8 Å². The monoisotopic (exact) mass is 365 g/mol. The quantitative estimate of drug-likeness (QED) is 0.554. The van der Waals surface area contributed by atoms with Crippen molar-refractivity contribution in [2.45, 2.75) is 52.9 Å². The van der Waals surface area contributed by atoms with Crippen LogP contribution in [-0.4, -0.2) is 91.3 Å². The highest BCUT2D eigenvalue weighted by Crippen LogP contribution is 2.25. The number of nitrogens with one attached hydrogen (secondary N) is 1. The summed E-state index contributed by atoms with van der Waals surface area (Å²) in [6.07, 6.45) is -4.17. The molecule has 1 heterocycles. The van der Waals surface area contributed by atoms with E-state index in [1.165, 1.54) is 11.8 Å². The summed E-state index contributed by atoms with van der Waals surface area (Å²) in [5.74, 6) is 0.806. The maximum absolute atomic E-state index is 12.9. The molecule has 1 rings (SSSR count). The number of hydrogen-bond donors (Lipinski definition) is 1. The highest BCUT2D eigenvalue weighted by Gasteiger charge is 2.41. The summed E-state index contributed by atoms with van der Waals surface area (Å²) in [7, 11) is 0. The van der Waals surface area contributed by atoms with Crippen molar-refractivity contribution < 1.29 is 13.2 Å². The Bertz CT molecular complexity index is 402. The van der Waals surface area contributed by atoms with Crippen molar-refractivity contribution in [2.75, 3.05) is 52.4 Å². The maximum atomic E-state index is 12.9. The van der Waals surface area contributed by atoms with E-state index in [1.807, 2.05) is 6.92 Å². The van der Waals surface area contributed by atoms with E-state index in [9.17, 15) is 13.2 Å². The number of nitrogens with zero attached hydrogens (tertiary/aromatic N) is 4. The molecule has 25 heavy (non-hydrogen) atoms. The second kappa shape index (κ2) is 10.2. The summed E-state index contributed by atoms with van der Waals surface area (Å²) >= 11 is 0. The van der Waals surface area contributed by atoms with Gasteiger partial charge in [-0.2, -0.15) is 13.2 Å². The number of hydrogen-bond acceptors (Lipinski definition) is 3. The number of likely N-dealkylation sites (N-methyl/N-ethyl adjacent to an activating group) is 1. The van der Waals surface area contributed by atoms with Crippen LogP contribution in [0.25, 0.3) is 0 Å². The van der Waals surface area contributed by atoms with Gasteiger partial charge in [0, 0.05) is 38.8 Å². The van der Waals surface area contributed by atoms with Gasteiger partial charge in [0.15, 0.2) is 5.96 Å². The minimum absolute atomic E-state index is 0.343. The third-order valence-electron chi connectivity index (χ3n) is 4.91. The standard InChI is InChI=1S/C17H34F3N5/c1-6-21-16(22-13-14(4)23(7-2)8-3)25-11-9-24(10-12-25)15(5)17(18,19)20/h14-15H,6-13H2,1-5H3,(H,21,22).